The lowest BCUT2D eigenvalue weighted by Crippen LogP contribution is -2.45. The third-order valence-electron chi connectivity index (χ3n) is 2.68. The molecular formula is C15H23N3O3. The van der Waals surface area contributed by atoms with E-state index in [4.69, 9.17) is 10.5 Å². The van der Waals surface area contributed by atoms with Gasteiger partial charge in [0.05, 0.1) is 13.5 Å². The molecule has 6 nitrogen and oxygen atoms in total. The summed E-state index contributed by atoms with van der Waals surface area (Å²) in [5.74, 6) is -0.0937. The number of benzene rings is 1. The van der Waals surface area contributed by atoms with Crippen LogP contribution in [0.15, 0.2) is 24.3 Å². The van der Waals surface area contributed by atoms with Crippen molar-refractivity contribution in [2.24, 2.45) is 5.73 Å². The summed E-state index contributed by atoms with van der Waals surface area (Å²) in [5.41, 5.74) is 5.70. The van der Waals surface area contributed by atoms with Crippen molar-refractivity contribution < 1.29 is 14.3 Å². The second-order valence-electron chi connectivity index (χ2n) is 5.83. The van der Waals surface area contributed by atoms with Gasteiger partial charge in [-0.15, -0.1) is 0 Å². The Morgan fingerprint density at radius 2 is 1.81 bits per heavy atom. The second kappa shape index (κ2) is 6.97. The van der Waals surface area contributed by atoms with Gasteiger partial charge in [-0.3, -0.25) is 9.59 Å². The van der Waals surface area contributed by atoms with Gasteiger partial charge < -0.3 is 21.1 Å². The number of nitrogens with two attached hydrogens (primary N) is 1. The van der Waals surface area contributed by atoms with E-state index in [1.165, 1.54) is 0 Å². The standard InChI is InChI=1S/C15H23N3O3/c1-15(2,3)18-13(19)9-12(14(16)20)17-10-5-7-11(21-4)8-6-10/h5-8,12,17H,9H2,1-4H3,(H2,16,20)(H,18,19). The molecule has 6 heteroatoms. The molecule has 0 aliphatic heterocycles. The van der Waals surface area contributed by atoms with Crippen LogP contribution < -0.4 is 21.1 Å². The molecule has 2 amide bonds. The van der Waals surface area contributed by atoms with Gasteiger partial charge in [-0.1, -0.05) is 0 Å². The molecule has 21 heavy (non-hydrogen) atoms. The number of primary amides is 1. The smallest absolute Gasteiger partial charge is 0.240 e. The van der Waals surface area contributed by atoms with Crippen LogP contribution >= 0.6 is 0 Å². The van der Waals surface area contributed by atoms with E-state index in [0.29, 0.717) is 11.4 Å². The molecule has 0 saturated heterocycles. The summed E-state index contributed by atoms with van der Waals surface area (Å²) in [6.45, 7) is 5.63. The Balaban J connectivity index is 2.69. The van der Waals surface area contributed by atoms with Crippen molar-refractivity contribution in [3.05, 3.63) is 24.3 Å². The summed E-state index contributed by atoms with van der Waals surface area (Å²) in [7, 11) is 1.57. The highest BCUT2D eigenvalue weighted by atomic mass is 16.5. The van der Waals surface area contributed by atoms with Gasteiger partial charge in [-0.2, -0.15) is 0 Å². The molecule has 0 fully saturated rings. The fourth-order valence-corrected chi connectivity index (χ4v) is 1.77. The molecular weight excluding hydrogens is 270 g/mol. The Labute approximate surface area is 125 Å². The molecule has 0 spiro atoms. The first-order valence-electron chi connectivity index (χ1n) is 6.72. The van der Waals surface area contributed by atoms with Crippen LogP contribution in [0, 0.1) is 0 Å². The number of rotatable bonds is 6. The number of amides is 2. The highest BCUT2D eigenvalue weighted by molar-refractivity contribution is 5.89. The molecule has 4 N–H and O–H groups in total. The van der Waals surface area contributed by atoms with Crippen molar-refractivity contribution in [2.45, 2.75) is 38.8 Å². The minimum absolute atomic E-state index is 0.0152. The van der Waals surface area contributed by atoms with Gasteiger partial charge >= 0.3 is 0 Å². The Bertz CT molecular complexity index is 492. The monoisotopic (exact) mass is 293 g/mol. The molecule has 1 atom stereocenters. The minimum atomic E-state index is -0.763. The summed E-state index contributed by atoms with van der Waals surface area (Å²) >= 11 is 0. The first kappa shape index (κ1) is 16.8. The van der Waals surface area contributed by atoms with Crippen molar-refractivity contribution in [1.29, 1.82) is 0 Å². The number of methoxy groups -OCH3 is 1. The van der Waals surface area contributed by atoms with Crippen LogP contribution in [0.3, 0.4) is 0 Å². The van der Waals surface area contributed by atoms with E-state index in [9.17, 15) is 9.59 Å². The second-order valence-corrected chi connectivity index (χ2v) is 5.83. The number of carbonyl (C=O) groups excluding carboxylic acids is 2. The van der Waals surface area contributed by atoms with Crippen molar-refractivity contribution in [3.8, 4) is 5.75 Å². The molecule has 0 radical (unpaired) electrons. The van der Waals surface area contributed by atoms with Crippen molar-refractivity contribution in [3.63, 3.8) is 0 Å². The minimum Gasteiger partial charge on any atom is -0.497 e. The Morgan fingerprint density at radius 3 is 2.24 bits per heavy atom. The zero-order valence-corrected chi connectivity index (χ0v) is 12.9. The van der Waals surface area contributed by atoms with Gasteiger partial charge in [-0.25, -0.2) is 0 Å². The van der Waals surface area contributed by atoms with Crippen LogP contribution in [0.4, 0.5) is 5.69 Å². The molecule has 0 saturated carbocycles. The van der Waals surface area contributed by atoms with Crippen LogP contribution in [-0.4, -0.2) is 30.5 Å². The zero-order chi connectivity index (χ0) is 16.0. The molecule has 1 rings (SSSR count). The van der Waals surface area contributed by atoms with Gasteiger partial charge in [-0.05, 0) is 45.0 Å². The summed E-state index contributed by atoms with van der Waals surface area (Å²) in [4.78, 5) is 23.4. The van der Waals surface area contributed by atoms with Crippen LogP contribution in [0.25, 0.3) is 0 Å². The third-order valence-corrected chi connectivity index (χ3v) is 2.68. The van der Waals surface area contributed by atoms with E-state index >= 15 is 0 Å². The van der Waals surface area contributed by atoms with Crippen molar-refractivity contribution in [2.75, 3.05) is 12.4 Å². The molecule has 1 aromatic rings. The maximum absolute atomic E-state index is 11.9. The number of ether oxygens (including phenoxy) is 1. The summed E-state index contributed by atoms with van der Waals surface area (Å²) in [6.07, 6.45) is -0.0152. The summed E-state index contributed by atoms with van der Waals surface area (Å²) in [5, 5.41) is 5.76. The van der Waals surface area contributed by atoms with E-state index < -0.39 is 11.9 Å². The topological polar surface area (TPSA) is 93.4 Å². The number of anilines is 1. The van der Waals surface area contributed by atoms with Gasteiger partial charge in [0.1, 0.15) is 11.8 Å². The van der Waals surface area contributed by atoms with Gasteiger partial charge in [0, 0.05) is 11.2 Å². The Kier molecular flexibility index (Phi) is 5.58. The molecule has 1 unspecified atom stereocenters. The van der Waals surface area contributed by atoms with E-state index in [2.05, 4.69) is 10.6 Å². The van der Waals surface area contributed by atoms with Gasteiger partial charge in [0.15, 0.2) is 0 Å². The average Bonchev–Trinajstić information content (AvgIpc) is 2.36. The van der Waals surface area contributed by atoms with Crippen LogP contribution in [0.5, 0.6) is 5.75 Å². The normalized spacial score (nSPS) is 12.4. The van der Waals surface area contributed by atoms with E-state index in [1.807, 2.05) is 20.8 Å². The molecule has 0 heterocycles. The fraction of sp³-hybridized carbons (Fsp3) is 0.467. The van der Waals surface area contributed by atoms with Crippen LogP contribution in [0.1, 0.15) is 27.2 Å². The molecule has 0 bridgehead atoms. The Hall–Kier alpha value is -2.24. The zero-order valence-electron chi connectivity index (χ0n) is 12.9. The van der Waals surface area contributed by atoms with Gasteiger partial charge in [0.2, 0.25) is 11.8 Å². The average molecular weight is 293 g/mol. The predicted octanol–water partition coefficient (Wildman–Crippen LogP) is 1.27. The SMILES string of the molecule is COc1ccc(NC(CC(=O)NC(C)(C)C)C(N)=O)cc1. The molecule has 1 aromatic carbocycles. The van der Waals surface area contributed by atoms with E-state index in [1.54, 1.807) is 31.4 Å². The molecule has 0 aliphatic rings. The number of hydrogen-bond acceptors (Lipinski definition) is 4. The lowest BCUT2D eigenvalue weighted by atomic mass is 10.1. The third kappa shape index (κ3) is 6.16. The van der Waals surface area contributed by atoms with Crippen molar-refractivity contribution in [1.82, 2.24) is 5.32 Å². The first-order chi connectivity index (χ1) is 9.71. The molecule has 0 aliphatic carbocycles. The summed E-state index contributed by atoms with van der Waals surface area (Å²) < 4.78 is 5.06. The summed E-state index contributed by atoms with van der Waals surface area (Å²) in [6, 6.07) is 6.28. The van der Waals surface area contributed by atoms with Gasteiger partial charge in [0.25, 0.3) is 0 Å². The van der Waals surface area contributed by atoms with Crippen molar-refractivity contribution >= 4 is 17.5 Å². The maximum Gasteiger partial charge on any atom is 0.240 e. The Morgan fingerprint density at radius 1 is 1.24 bits per heavy atom. The maximum atomic E-state index is 11.9. The first-order valence-corrected chi connectivity index (χ1v) is 6.72. The highest BCUT2D eigenvalue weighted by Gasteiger charge is 2.22. The number of carbonyl (C=O) groups is 2. The quantitative estimate of drug-likeness (QED) is 0.736. The van der Waals surface area contributed by atoms with E-state index in [0.717, 1.165) is 0 Å². The lowest BCUT2D eigenvalue weighted by Gasteiger charge is -2.23. The van der Waals surface area contributed by atoms with E-state index in [-0.39, 0.29) is 17.9 Å². The fourth-order valence-electron chi connectivity index (χ4n) is 1.77. The van der Waals surface area contributed by atoms with Crippen LogP contribution in [-0.2, 0) is 9.59 Å². The highest BCUT2D eigenvalue weighted by Crippen LogP contribution is 2.16. The lowest BCUT2D eigenvalue weighted by molar-refractivity contribution is -0.126. The number of hydrogen-bond donors (Lipinski definition) is 3. The largest absolute Gasteiger partial charge is 0.497 e. The molecule has 0 aromatic heterocycles. The number of nitrogens with one attached hydrogen (secondary N) is 2. The molecule has 116 valence electrons. The predicted molar refractivity (Wildman–Crippen MR) is 82.1 cm³/mol. The van der Waals surface area contributed by atoms with Crippen LogP contribution in [0.2, 0.25) is 0 Å².